The largest absolute Gasteiger partial charge is 0.435 e. The summed E-state index contributed by atoms with van der Waals surface area (Å²) < 4.78 is 42.0. The lowest BCUT2D eigenvalue weighted by Crippen LogP contribution is -2.24. The number of hydrogen-bond donors (Lipinski definition) is 3. The lowest BCUT2D eigenvalue weighted by molar-refractivity contribution is -0.141. The van der Waals surface area contributed by atoms with Gasteiger partial charge in [0.2, 0.25) is 0 Å². The lowest BCUT2D eigenvalue weighted by Gasteiger charge is -2.22. The summed E-state index contributed by atoms with van der Waals surface area (Å²) in [6.45, 7) is 0. The summed E-state index contributed by atoms with van der Waals surface area (Å²) in [5.41, 5.74) is 4.21. The number of pyridine rings is 1. The highest BCUT2D eigenvalue weighted by atomic mass is 19.4. The quantitative estimate of drug-likeness (QED) is 0.269. The van der Waals surface area contributed by atoms with Crippen LogP contribution in [0.2, 0.25) is 0 Å². The number of nitrogens with zero attached hydrogens (tertiary/aromatic N) is 7. The van der Waals surface area contributed by atoms with Crippen molar-refractivity contribution in [2.24, 2.45) is 15.2 Å². The van der Waals surface area contributed by atoms with E-state index in [1.54, 1.807) is 24.7 Å². The van der Waals surface area contributed by atoms with Gasteiger partial charge in [-0.1, -0.05) is 0 Å². The van der Waals surface area contributed by atoms with Crippen molar-refractivity contribution < 1.29 is 13.2 Å². The van der Waals surface area contributed by atoms with Gasteiger partial charge in [0, 0.05) is 56.5 Å². The zero-order chi connectivity index (χ0) is 32.5. The van der Waals surface area contributed by atoms with Crippen molar-refractivity contribution in [1.82, 2.24) is 34.5 Å². The van der Waals surface area contributed by atoms with Crippen molar-refractivity contribution in [2.75, 3.05) is 0 Å². The fourth-order valence-electron chi connectivity index (χ4n) is 6.32. The number of imidazole rings is 1. The van der Waals surface area contributed by atoms with Crippen LogP contribution in [-0.4, -0.2) is 52.7 Å². The average Bonchev–Trinajstić information content (AvgIpc) is 3.92. The fraction of sp³-hybridized carbons (Fsp3) is 0.0857. The van der Waals surface area contributed by atoms with E-state index in [1.165, 1.54) is 16.8 Å². The maximum atomic E-state index is 13.6. The Morgan fingerprint density at radius 2 is 1.46 bits per heavy atom. The number of hydrogen-bond acceptors (Lipinski definition) is 6. The highest BCUT2D eigenvalue weighted by Gasteiger charge is 2.40. The zero-order valence-corrected chi connectivity index (χ0v) is 24.9. The monoisotopic (exact) mass is 640 g/mol. The Labute approximate surface area is 268 Å². The fourth-order valence-corrected chi connectivity index (χ4v) is 6.32. The van der Waals surface area contributed by atoms with Gasteiger partial charge in [-0.3, -0.25) is 9.98 Å². The first-order chi connectivity index (χ1) is 23.3. The molecule has 234 valence electrons. The molecule has 0 amide bonds. The molecule has 3 N–H and O–H groups in total. The van der Waals surface area contributed by atoms with Crippen LogP contribution in [0.3, 0.4) is 0 Å². The first kappa shape index (κ1) is 27.9. The molecule has 0 radical (unpaired) electrons. The molecule has 9 heterocycles. The van der Waals surface area contributed by atoms with Gasteiger partial charge in [-0.25, -0.2) is 9.50 Å². The van der Waals surface area contributed by atoms with Crippen LogP contribution in [0.1, 0.15) is 29.2 Å². The van der Waals surface area contributed by atoms with E-state index in [9.17, 15) is 13.2 Å². The number of aliphatic imine (C=N–C) groups is 1. The molecule has 3 aliphatic heterocycles. The smallest absolute Gasteiger partial charge is 0.356 e. The SMILES string of the molecule is FC(F)(F)c1ccc2ncc(-c3ccnc(C45C=c6ccc([nH]6)=Cc6ccc([nH]6)C=c6ccc([nH]6)=CC(=N4)C(=C4C=NN=C4)C5)c3)n2n1. The minimum Gasteiger partial charge on any atom is -0.356 e. The van der Waals surface area contributed by atoms with Crippen LogP contribution in [0.5, 0.6) is 0 Å². The zero-order valence-electron chi connectivity index (χ0n) is 24.9. The van der Waals surface area contributed by atoms with E-state index in [1.807, 2.05) is 66.8 Å². The van der Waals surface area contributed by atoms with Gasteiger partial charge in [0.05, 0.1) is 35.7 Å². The van der Waals surface area contributed by atoms with Crippen LogP contribution in [0, 0.1) is 0 Å². The molecule has 0 aromatic carbocycles. The van der Waals surface area contributed by atoms with Crippen molar-refractivity contribution in [1.29, 1.82) is 0 Å². The Morgan fingerprint density at radius 3 is 2.21 bits per heavy atom. The van der Waals surface area contributed by atoms with Gasteiger partial charge in [0.1, 0.15) is 5.54 Å². The molecule has 8 bridgehead atoms. The third-order valence-electron chi connectivity index (χ3n) is 8.54. The molecule has 3 aliphatic rings. The summed E-state index contributed by atoms with van der Waals surface area (Å²) >= 11 is 0. The Bertz CT molecular complexity index is 2650. The molecule has 6 aromatic rings. The molecule has 6 aromatic heterocycles. The van der Waals surface area contributed by atoms with Crippen molar-refractivity contribution in [2.45, 2.75) is 18.1 Å². The summed E-state index contributed by atoms with van der Waals surface area (Å²) in [7, 11) is 0. The third kappa shape index (κ3) is 4.83. The first-order valence-corrected chi connectivity index (χ1v) is 15.0. The second-order valence-electron chi connectivity index (χ2n) is 11.8. The van der Waals surface area contributed by atoms with Gasteiger partial charge < -0.3 is 15.0 Å². The Balaban J connectivity index is 1.29. The van der Waals surface area contributed by atoms with Crippen molar-refractivity contribution in [3.63, 3.8) is 0 Å². The average molecular weight is 641 g/mol. The standard InChI is InChI=1S/C35H23F3N10/c36-35(37,38)31-7-8-33-40-19-30(48(33)47-31)20-9-10-39-32(11-20)34-15-27-6-5-25(45-27)13-23-2-1-22(43-23)12-24-3-4-26(44-24)14-29(46-34)28(16-34)21-17-41-42-18-21/h1-15,17-19,43-45H,16H2. The number of fused-ring (bicyclic) bond motifs is 8. The number of rotatable bonds is 2. The summed E-state index contributed by atoms with van der Waals surface area (Å²) in [5.74, 6) is 0. The van der Waals surface area contributed by atoms with Gasteiger partial charge in [-0.2, -0.15) is 28.5 Å². The van der Waals surface area contributed by atoms with E-state index in [0.717, 1.165) is 55.7 Å². The second-order valence-corrected chi connectivity index (χ2v) is 11.8. The van der Waals surface area contributed by atoms with Gasteiger partial charge in [0.25, 0.3) is 0 Å². The van der Waals surface area contributed by atoms with E-state index in [0.29, 0.717) is 29.0 Å². The molecule has 1 atom stereocenters. The number of aromatic amines is 3. The van der Waals surface area contributed by atoms with E-state index < -0.39 is 17.4 Å². The minimum atomic E-state index is -4.60. The number of H-pyrrole nitrogens is 3. The summed E-state index contributed by atoms with van der Waals surface area (Å²) in [5, 5.41) is 15.5. The van der Waals surface area contributed by atoms with Gasteiger partial charge >= 0.3 is 6.18 Å². The molecule has 0 saturated heterocycles. The van der Waals surface area contributed by atoms with Crippen LogP contribution >= 0.6 is 0 Å². The Kier molecular flexibility index (Phi) is 6.00. The van der Waals surface area contributed by atoms with Crippen LogP contribution in [0.15, 0.2) is 99.4 Å². The highest BCUT2D eigenvalue weighted by molar-refractivity contribution is 6.27. The Hall–Kier alpha value is -6.37. The molecule has 0 spiro atoms. The van der Waals surface area contributed by atoms with Crippen molar-refractivity contribution >= 4 is 48.1 Å². The van der Waals surface area contributed by atoms with Crippen molar-refractivity contribution in [3.8, 4) is 11.3 Å². The van der Waals surface area contributed by atoms with Crippen LogP contribution < -0.4 is 21.4 Å². The van der Waals surface area contributed by atoms with E-state index in [2.05, 4.69) is 35.2 Å². The number of halogens is 3. The molecule has 13 heteroatoms. The molecule has 9 rings (SSSR count). The second kappa shape index (κ2) is 10.3. The minimum absolute atomic E-state index is 0.292. The normalized spacial score (nSPS) is 18.4. The third-order valence-corrected chi connectivity index (χ3v) is 8.54. The summed E-state index contributed by atoms with van der Waals surface area (Å²) in [6.07, 6.45) is 10.5. The highest BCUT2D eigenvalue weighted by Crippen LogP contribution is 2.42. The molecule has 10 nitrogen and oxygen atoms in total. The molecule has 0 fully saturated rings. The van der Waals surface area contributed by atoms with Gasteiger partial charge in [0.15, 0.2) is 11.3 Å². The van der Waals surface area contributed by atoms with Crippen LogP contribution in [0.4, 0.5) is 13.2 Å². The summed E-state index contributed by atoms with van der Waals surface area (Å²) in [6, 6.07) is 17.8. The van der Waals surface area contributed by atoms with Gasteiger partial charge in [-0.05, 0) is 90.5 Å². The molecule has 48 heavy (non-hydrogen) atoms. The van der Waals surface area contributed by atoms with Crippen LogP contribution in [0.25, 0.3) is 41.2 Å². The van der Waals surface area contributed by atoms with E-state index in [-0.39, 0.29) is 0 Å². The number of allylic oxidation sites excluding steroid dienone is 1. The predicted octanol–water partition coefficient (Wildman–Crippen LogP) is 3.13. The molecule has 0 aliphatic carbocycles. The topological polar surface area (TPSA) is 128 Å². The Morgan fingerprint density at radius 1 is 0.750 bits per heavy atom. The number of alkyl halides is 3. The number of nitrogens with one attached hydrogen (secondary N) is 3. The molecule has 1 unspecified atom stereocenters. The molecule has 0 saturated carbocycles. The van der Waals surface area contributed by atoms with E-state index >= 15 is 0 Å². The molecular weight excluding hydrogens is 617 g/mol. The first-order valence-electron chi connectivity index (χ1n) is 15.0. The van der Waals surface area contributed by atoms with E-state index in [4.69, 9.17) is 9.98 Å². The van der Waals surface area contributed by atoms with Crippen molar-refractivity contribution in [3.05, 3.63) is 128 Å². The molecular formula is C35H23F3N10. The van der Waals surface area contributed by atoms with Gasteiger partial charge in [-0.15, -0.1) is 0 Å². The maximum absolute atomic E-state index is 13.6. The van der Waals surface area contributed by atoms with Crippen LogP contribution in [-0.2, 0) is 11.7 Å². The predicted molar refractivity (Wildman–Crippen MR) is 176 cm³/mol. The number of aromatic nitrogens is 7. The lowest BCUT2D eigenvalue weighted by atomic mass is 9.87. The maximum Gasteiger partial charge on any atom is 0.435 e. The summed E-state index contributed by atoms with van der Waals surface area (Å²) in [4.78, 5) is 24.9.